The largest absolute Gasteiger partial charge is 0.756 e. The quantitative estimate of drug-likeness (QED) is 0.0241. The van der Waals surface area contributed by atoms with E-state index in [1.54, 1.807) is 0 Å². The average Bonchev–Trinajstić information content (AvgIpc) is 3.24. The van der Waals surface area contributed by atoms with Crippen molar-refractivity contribution < 1.29 is 38.0 Å². The van der Waals surface area contributed by atoms with E-state index in [1.807, 2.05) is 28.1 Å². The molecule has 0 aliphatic carbocycles. The molecule has 1 amide bonds. The lowest BCUT2D eigenvalue weighted by molar-refractivity contribution is -0.870. The fraction of sp³-hybridized carbons (Fsp3) is 0.642. The first-order chi connectivity index (χ1) is 30.4. The number of allylic oxidation sites excluding steroid dienone is 18. The number of amides is 1. The number of rotatable bonds is 42. The molecule has 3 N–H and O–H groups in total. The Morgan fingerprint density at radius 2 is 1.03 bits per heavy atom. The van der Waals surface area contributed by atoms with E-state index in [-0.39, 0.29) is 18.9 Å². The number of carbonyl (C=O) groups is 1. The number of phosphoric ester groups is 1. The molecule has 0 aliphatic heterocycles. The highest BCUT2D eigenvalue weighted by atomic mass is 31.2. The van der Waals surface area contributed by atoms with Crippen molar-refractivity contribution in [2.24, 2.45) is 0 Å². The lowest BCUT2D eigenvalue weighted by atomic mass is 10.0. The van der Waals surface area contributed by atoms with Gasteiger partial charge in [0.1, 0.15) is 19.3 Å². The summed E-state index contributed by atoms with van der Waals surface area (Å²) in [6.07, 6.45) is 58.6. The van der Waals surface area contributed by atoms with E-state index in [0.717, 1.165) is 96.3 Å². The highest BCUT2D eigenvalue weighted by Crippen LogP contribution is 2.38. The summed E-state index contributed by atoms with van der Waals surface area (Å²) in [5, 5.41) is 24.6. The summed E-state index contributed by atoms with van der Waals surface area (Å²) in [6, 6.07) is -1.11. The molecule has 0 aliphatic rings. The molecule has 0 aromatic rings. The molecule has 0 fully saturated rings. The molecule has 4 unspecified atom stereocenters. The maximum Gasteiger partial charge on any atom is 0.268 e. The highest BCUT2D eigenvalue weighted by molar-refractivity contribution is 7.45. The second kappa shape index (κ2) is 43.0. The van der Waals surface area contributed by atoms with Crippen molar-refractivity contribution in [1.82, 2.24) is 5.32 Å². The summed E-state index contributed by atoms with van der Waals surface area (Å²) < 4.78 is 23.1. The number of hydrogen-bond acceptors (Lipinski definition) is 7. The van der Waals surface area contributed by atoms with E-state index in [4.69, 9.17) is 9.05 Å². The summed E-state index contributed by atoms with van der Waals surface area (Å²) in [7, 11) is 1.07. The maximum atomic E-state index is 12.9. The Bertz CT molecular complexity index is 1410. The molecule has 10 heteroatoms. The van der Waals surface area contributed by atoms with E-state index in [1.165, 1.54) is 25.7 Å². The molecule has 63 heavy (non-hydrogen) atoms. The maximum absolute atomic E-state index is 12.9. The van der Waals surface area contributed by atoms with Crippen molar-refractivity contribution in [1.29, 1.82) is 0 Å². The van der Waals surface area contributed by atoms with Crippen LogP contribution >= 0.6 is 7.82 Å². The Kier molecular flexibility index (Phi) is 41.1. The monoisotopic (exact) mass is 899 g/mol. The van der Waals surface area contributed by atoms with Gasteiger partial charge in [-0.05, 0) is 110 Å². The van der Waals surface area contributed by atoms with Gasteiger partial charge in [-0.15, -0.1) is 0 Å². The molecule has 0 rings (SSSR count). The van der Waals surface area contributed by atoms with Crippen LogP contribution in [0.4, 0.5) is 0 Å². The first kappa shape index (κ1) is 60.1. The van der Waals surface area contributed by atoms with Gasteiger partial charge in [-0.2, -0.15) is 0 Å². The normalized spacial score (nSPS) is 15.6. The topological polar surface area (TPSA) is 128 Å². The second-order valence-corrected chi connectivity index (χ2v) is 18.6. The van der Waals surface area contributed by atoms with Gasteiger partial charge in [-0.3, -0.25) is 9.36 Å². The molecule has 0 saturated carbocycles. The van der Waals surface area contributed by atoms with Gasteiger partial charge in [-0.1, -0.05) is 155 Å². The van der Waals surface area contributed by atoms with Crippen molar-refractivity contribution in [2.75, 3.05) is 40.9 Å². The summed E-state index contributed by atoms with van der Waals surface area (Å²) in [6.45, 7) is 4.04. The number of aliphatic hydroxyl groups excluding tert-OH is 2. The molecule has 360 valence electrons. The van der Waals surface area contributed by atoms with Crippen LogP contribution in [0.25, 0.3) is 0 Å². The van der Waals surface area contributed by atoms with Crippen LogP contribution in [0.2, 0.25) is 0 Å². The third-order valence-corrected chi connectivity index (χ3v) is 11.1. The van der Waals surface area contributed by atoms with E-state index in [2.05, 4.69) is 122 Å². The molecule has 0 aromatic carbocycles. The zero-order chi connectivity index (χ0) is 46.5. The van der Waals surface area contributed by atoms with Gasteiger partial charge in [-0.25, -0.2) is 0 Å². The lowest BCUT2D eigenvalue weighted by Gasteiger charge is -2.31. The number of carbonyl (C=O) groups excluding carboxylic acids is 1. The highest BCUT2D eigenvalue weighted by Gasteiger charge is 2.29. The average molecular weight is 899 g/mol. The summed E-state index contributed by atoms with van der Waals surface area (Å²) in [5.74, 6) is -0.310. The molecule has 0 saturated heterocycles. The van der Waals surface area contributed by atoms with Crippen LogP contribution < -0.4 is 10.2 Å². The van der Waals surface area contributed by atoms with Crippen molar-refractivity contribution >= 4 is 13.7 Å². The summed E-state index contributed by atoms with van der Waals surface area (Å²) >= 11 is 0. The summed E-state index contributed by atoms with van der Waals surface area (Å²) in [4.78, 5) is 25.4. The molecule has 0 spiro atoms. The Hall–Kier alpha value is -2.88. The zero-order valence-electron chi connectivity index (χ0n) is 40.3. The number of nitrogens with zero attached hydrogens (tertiary/aromatic N) is 1. The van der Waals surface area contributed by atoms with Crippen molar-refractivity contribution in [3.8, 4) is 0 Å². The van der Waals surface area contributed by atoms with Gasteiger partial charge in [0.05, 0.1) is 39.9 Å². The standard InChI is InChI=1S/C53H91N2O7P/c1-6-8-10-12-14-16-18-20-21-22-23-24-25-26-27-28-29-30-31-32-33-34-36-38-40-42-44-46-52(57)54-50(49-62-63(59,60)61-48-47-55(3,4)5)53(58)51(56)45-43-41-39-37-35-19-17-15-13-11-9-7-2/h7-10,14-17,20-21,23-24,26-27,29-30,37,39,50-51,53,56,58H,6,11-13,18-19,22,25,28,31-36,38,40-49H2,1-5H3,(H-,54,57,59,60)/b9-7+,10-8-,16-14-,17-15+,21-20-,24-23-,27-26-,30-29-,39-37+. The van der Waals surface area contributed by atoms with Crippen LogP contribution in [0.1, 0.15) is 162 Å². The van der Waals surface area contributed by atoms with Gasteiger partial charge >= 0.3 is 0 Å². The Balaban J connectivity index is 4.40. The third kappa shape index (κ3) is 44.1. The van der Waals surface area contributed by atoms with Crippen LogP contribution in [-0.4, -0.2) is 79.8 Å². The first-order valence-corrected chi connectivity index (χ1v) is 25.7. The van der Waals surface area contributed by atoms with E-state index < -0.39 is 32.7 Å². The smallest absolute Gasteiger partial charge is 0.268 e. The second-order valence-electron chi connectivity index (χ2n) is 17.2. The van der Waals surface area contributed by atoms with Crippen LogP contribution in [0.5, 0.6) is 0 Å². The number of quaternary nitrogens is 1. The molecular formula is C53H91N2O7P. The Morgan fingerprint density at radius 3 is 1.54 bits per heavy atom. The van der Waals surface area contributed by atoms with Gasteiger partial charge in [0.25, 0.3) is 7.82 Å². The Labute approximate surface area is 385 Å². The molecule has 4 atom stereocenters. The van der Waals surface area contributed by atoms with Crippen molar-refractivity contribution in [2.45, 2.75) is 180 Å². The minimum absolute atomic E-state index is 0.0584. The molecule has 0 aromatic heterocycles. The van der Waals surface area contributed by atoms with Crippen molar-refractivity contribution in [3.05, 3.63) is 109 Å². The number of phosphoric acid groups is 1. The van der Waals surface area contributed by atoms with E-state index in [9.17, 15) is 24.5 Å². The van der Waals surface area contributed by atoms with Crippen LogP contribution in [0.15, 0.2) is 109 Å². The predicted molar refractivity (Wildman–Crippen MR) is 266 cm³/mol. The number of nitrogens with one attached hydrogen (secondary N) is 1. The van der Waals surface area contributed by atoms with Crippen LogP contribution in [0, 0.1) is 0 Å². The van der Waals surface area contributed by atoms with Gasteiger partial charge < -0.3 is 34.0 Å². The lowest BCUT2D eigenvalue weighted by Crippen LogP contribution is -2.51. The zero-order valence-corrected chi connectivity index (χ0v) is 41.2. The minimum atomic E-state index is -4.69. The first-order valence-electron chi connectivity index (χ1n) is 24.3. The van der Waals surface area contributed by atoms with Crippen LogP contribution in [0.3, 0.4) is 0 Å². The van der Waals surface area contributed by atoms with Gasteiger partial charge in [0, 0.05) is 6.42 Å². The van der Waals surface area contributed by atoms with Gasteiger partial charge in [0.2, 0.25) is 5.91 Å². The van der Waals surface area contributed by atoms with E-state index >= 15 is 0 Å². The number of likely N-dealkylation sites (N-methyl/N-ethyl adjacent to an activating group) is 1. The molecular weight excluding hydrogens is 808 g/mol. The molecule has 0 heterocycles. The molecule has 0 bridgehead atoms. The minimum Gasteiger partial charge on any atom is -0.756 e. The Morgan fingerprint density at radius 1 is 0.603 bits per heavy atom. The molecule has 0 radical (unpaired) electrons. The number of aliphatic hydroxyl groups is 2. The van der Waals surface area contributed by atoms with E-state index in [0.29, 0.717) is 30.3 Å². The summed E-state index contributed by atoms with van der Waals surface area (Å²) in [5.41, 5.74) is 0. The third-order valence-electron chi connectivity index (χ3n) is 10.1. The fourth-order valence-electron chi connectivity index (χ4n) is 6.29. The van der Waals surface area contributed by atoms with Crippen molar-refractivity contribution in [3.63, 3.8) is 0 Å². The SMILES string of the molecule is C/C=C/CC/C=C/CC/C=C/CCCC(O)C(O)C(COP(=O)([O-])OCC[N+](C)(C)C)NC(=O)CCCCCCCCCC/C=C\C/C=C\C/C=C\C/C=C\C/C=C\C/C=C\CC. The number of hydrogen-bond donors (Lipinski definition) is 3. The fourth-order valence-corrected chi connectivity index (χ4v) is 7.02. The van der Waals surface area contributed by atoms with Crippen LogP contribution in [-0.2, 0) is 18.4 Å². The molecule has 9 nitrogen and oxygen atoms in total. The number of unbranched alkanes of at least 4 members (excludes halogenated alkanes) is 11. The van der Waals surface area contributed by atoms with Gasteiger partial charge in [0.15, 0.2) is 0 Å². The predicted octanol–water partition coefficient (Wildman–Crippen LogP) is 12.4.